The van der Waals surface area contributed by atoms with Gasteiger partial charge in [0.2, 0.25) is 0 Å². The van der Waals surface area contributed by atoms with Gasteiger partial charge in [-0.15, -0.1) is 0 Å². The molecule has 1 N–H and O–H groups in total. The van der Waals surface area contributed by atoms with E-state index in [1.54, 1.807) is 0 Å². The maximum Gasteiger partial charge on any atom is 0.410 e. The number of piperidine rings is 1. The van der Waals surface area contributed by atoms with Crippen molar-refractivity contribution in [2.24, 2.45) is 11.8 Å². The monoisotopic (exact) mass is 303 g/mol. The fraction of sp³-hybridized carbons (Fsp3) is 0.438. The molecule has 116 valence electrons. The molecular weight excluding hydrogens is 286 g/mol. The predicted molar refractivity (Wildman–Crippen MR) is 76.0 cm³/mol. The Hall–Kier alpha value is -2.37. The summed E-state index contributed by atoms with van der Waals surface area (Å²) >= 11 is 0. The van der Waals surface area contributed by atoms with Crippen molar-refractivity contribution < 1.29 is 24.2 Å². The Morgan fingerprint density at radius 1 is 1.27 bits per heavy atom. The number of fused-ring (bicyclic) bond motifs is 1. The zero-order valence-electron chi connectivity index (χ0n) is 12.0. The molecular formula is C16H17NO5. The van der Waals surface area contributed by atoms with Crippen molar-refractivity contribution in [3.05, 3.63) is 35.9 Å². The number of hydrogen-bond acceptors (Lipinski definition) is 4. The van der Waals surface area contributed by atoms with Crippen LogP contribution >= 0.6 is 0 Å². The molecule has 1 heterocycles. The molecule has 2 aliphatic rings. The van der Waals surface area contributed by atoms with E-state index in [1.165, 1.54) is 4.90 Å². The fourth-order valence-corrected chi connectivity index (χ4v) is 3.22. The highest BCUT2D eigenvalue weighted by Gasteiger charge is 2.55. The number of carboxylic acids is 1. The third kappa shape index (κ3) is 2.56. The summed E-state index contributed by atoms with van der Waals surface area (Å²) in [5.41, 5.74) is 0.865. The van der Waals surface area contributed by atoms with Crippen LogP contribution in [0.2, 0.25) is 0 Å². The minimum absolute atomic E-state index is 0.0506. The average molecular weight is 303 g/mol. The number of nitrogens with zero attached hydrogens (tertiary/aromatic N) is 1. The van der Waals surface area contributed by atoms with E-state index in [9.17, 15) is 19.5 Å². The lowest BCUT2D eigenvalue weighted by atomic mass is 9.64. The average Bonchev–Trinajstić information content (AvgIpc) is 2.47. The number of aliphatic carboxylic acids is 1. The number of ketones is 1. The third-order valence-electron chi connectivity index (χ3n) is 4.46. The van der Waals surface area contributed by atoms with Gasteiger partial charge in [0.15, 0.2) is 0 Å². The summed E-state index contributed by atoms with van der Waals surface area (Å²) in [4.78, 5) is 36.6. The third-order valence-corrected chi connectivity index (χ3v) is 4.46. The van der Waals surface area contributed by atoms with Crippen LogP contribution < -0.4 is 0 Å². The Morgan fingerprint density at radius 3 is 2.68 bits per heavy atom. The van der Waals surface area contributed by atoms with Crippen molar-refractivity contribution in [2.45, 2.75) is 25.5 Å². The molecule has 0 radical (unpaired) electrons. The smallest absolute Gasteiger partial charge is 0.410 e. The Labute approximate surface area is 127 Å². The van der Waals surface area contributed by atoms with Crippen LogP contribution in [0.25, 0.3) is 0 Å². The Balaban J connectivity index is 1.66. The van der Waals surface area contributed by atoms with Gasteiger partial charge in [-0.05, 0) is 12.0 Å². The number of ether oxygens (including phenoxy) is 1. The van der Waals surface area contributed by atoms with Gasteiger partial charge in [0.25, 0.3) is 0 Å². The number of carboxylic acid groups (broad SMARTS) is 1. The van der Waals surface area contributed by atoms with Crippen LogP contribution in [0, 0.1) is 11.8 Å². The SMILES string of the molecule is O=C(O)C1CC2C(=O)CCN(C(=O)OCc3ccccc3)C12. The van der Waals surface area contributed by atoms with E-state index in [0.29, 0.717) is 6.42 Å². The lowest BCUT2D eigenvalue weighted by Gasteiger charge is -2.50. The topological polar surface area (TPSA) is 83.9 Å². The molecule has 0 bridgehead atoms. The van der Waals surface area contributed by atoms with Crippen molar-refractivity contribution in [1.29, 1.82) is 0 Å². The van der Waals surface area contributed by atoms with E-state index in [4.69, 9.17) is 4.74 Å². The number of carbonyl (C=O) groups is 3. The Kier molecular flexibility index (Phi) is 3.83. The molecule has 1 amide bonds. The van der Waals surface area contributed by atoms with E-state index in [2.05, 4.69) is 0 Å². The number of carbonyl (C=O) groups excluding carboxylic acids is 2. The highest BCUT2D eigenvalue weighted by Crippen LogP contribution is 2.42. The van der Waals surface area contributed by atoms with Gasteiger partial charge in [-0.3, -0.25) is 9.59 Å². The summed E-state index contributed by atoms with van der Waals surface area (Å²) < 4.78 is 5.27. The van der Waals surface area contributed by atoms with Gasteiger partial charge in [-0.2, -0.15) is 0 Å². The lowest BCUT2D eigenvalue weighted by Crippen LogP contribution is -2.63. The van der Waals surface area contributed by atoms with Gasteiger partial charge < -0.3 is 14.7 Å². The molecule has 3 unspecified atom stereocenters. The van der Waals surface area contributed by atoms with E-state index in [-0.39, 0.29) is 31.3 Å². The molecule has 0 spiro atoms. The Bertz CT molecular complexity index is 596. The zero-order valence-corrected chi connectivity index (χ0v) is 12.0. The van der Waals surface area contributed by atoms with Gasteiger partial charge in [0, 0.05) is 18.9 Å². The van der Waals surface area contributed by atoms with Crippen LogP contribution in [0.4, 0.5) is 4.79 Å². The van der Waals surface area contributed by atoms with E-state index in [0.717, 1.165) is 5.56 Å². The maximum atomic E-state index is 12.2. The number of benzene rings is 1. The van der Waals surface area contributed by atoms with Gasteiger partial charge in [0.1, 0.15) is 12.4 Å². The van der Waals surface area contributed by atoms with Gasteiger partial charge in [0.05, 0.1) is 12.0 Å². The Morgan fingerprint density at radius 2 is 2.00 bits per heavy atom. The van der Waals surface area contributed by atoms with Crippen LogP contribution in [0.3, 0.4) is 0 Å². The number of likely N-dealkylation sites (tertiary alicyclic amines) is 1. The molecule has 1 aromatic carbocycles. The lowest BCUT2D eigenvalue weighted by molar-refractivity contribution is -0.158. The summed E-state index contributed by atoms with van der Waals surface area (Å²) in [6.07, 6.45) is 0.0483. The fourth-order valence-electron chi connectivity index (χ4n) is 3.22. The molecule has 1 saturated heterocycles. The van der Waals surface area contributed by atoms with Crippen molar-refractivity contribution in [3.63, 3.8) is 0 Å². The predicted octanol–water partition coefficient (Wildman–Crippen LogP) is 1.69. The molecule has 22 heavy (non-hydrogen) atoms. The van der Waals surface area contributed by atoms with Crippen molar-refractivity contribution >= 4 is 17.8 Å². The molecule has 2 fully saturated rings. The molecule has 3 atom stereocenters. The highest BCUT2D eigenvalue weighted by atomic mass is 16.6. The van der Waals surface area contributed by atoms with Crippen LogP contribution in [0.1, 0.15) is 18.4 Å². The first-order valence-electron chi connectivity index (χ1n) is 7.31. The molecule has 6 nitrogen and oxygen atoms in total. The van der Waals surface area contributed by atoms with Gasteiger partial charge >= 0.3 is 12.1 Å². The molecule has 1 aliphatic carbocycles. The summed E-state index contributed by atoms with van der Waals surface area (Å²) in [6, 6.07) is 8.72. The van der Waals surface area contributed by atoms with Crippen molar-refractivity contribution in [1.82, 2.24) is 4.90 Å². The van der Waals surface area contributed by atoms with Crippen LogP contribution in [-0.4, -0.2) is 40.4 Å². The molecule has 3 rings (SSSR count). The number of amides is 1. The number of hydrogen-bond donors (Lipinski definition) is 1. The first-order chi connectivity index (χ1) is 10.6. The van der Waals surface area contributed by atoms with Crippen molar-refractivity contribution in [2.75, 3.05) is 6.54 Å². The summed E-state index contributed by atoms with van der Waals surface area (Å²) in [5.74, 6) is -1.93. The standard InChI is InChI=1S/C16H17NO5/c18-13-6-7-17(14-11(13)8-12(14)15(19)20)16(21)22-9-10-4-2-1-3-5-10/h1-5,11-12,14H,6-9H2,(H,19,20). The van der Waals surface area contributed by atoms with Crippen LogP contribution in [0.15, 0.2) is 30.3 Å². The first kappa shape index (κ1) is 14.6. The first-order valence-corrected chi connectivity index (χ1v) is 7.31. The molecule has 1 saturated carbocycles. The second kappa shape index (κ2) is 5.79. The number of rotatable bonds is 3. The molecule has 6 heteroatoms. The largest absolute Gasteiger partial charge is 0.481 e. The minimum atomic E-state index is -0.961. The van der Waals surface area contributed by atoms with Crippen LogP contribution in [0.5, 0.6) is 0 Å². The van der Waals surface area contributed by atoms with Gasteiger partial charge in [-0.1, -0.05) is 30.3 Å². The molecule has 1 aromatic rings. The van der Waals surface area contributed by atoms with E-state index < -0.39 is 24.0 Å². The highest BCUT2D eigenvalue weighted by molar-refractivity contribution is 5.89. The second-order valence-electron chi connectivity index (χ2n) is 5.73. The number of Topliss-reactive ketones (excluding diaryl/α,β-unsaturated/α-hetero) is 1. The summed E-state index contributed by atoms with van der Waals surface area (Å²) in [6.45, 7) is 0.372. The summed E-state index contributed by atoms with van der Waals surface area (Å²) in [7, 11) is 0. The second-order valence-corrected chi connectivity index (χ2v) is 5.73. The van der Waals surface area contributed by atoms with Crippen molar-refractivity contribution in [3.8, 4) is 0 Å². The van der Waals surface area contributed by atoms with E-state index in [1.807, 2.05) is 30.3 Å². The normalized spacial score (nSPS) is 26.8. The zero-order chi connectivity index (χ0) is 15.7. The molecule has 1 aliphatic heterocycles. The quantitative estimate of drug-likeness (QED) is 0.918. The van der Waals surface area contributed by atoms with E-state index >= 15 is 0 Å². The van der Waals surface area contributed by atoms with Crippen LogP contribution in [-0.2, 0) is 20.9 Å². The maximum absolute atomic E-state index is 12.2. The minimum Gasteiger partial charge on any atom is -0.481 e. The molecule has 0 aromatic heterocycles. The van der Waals surface area contributed by atoms with Gasteiger partial charge in [-0.25, -0.2) is 4.79 Å². The summed E-state index contributed by atoms with van der Waals surface area (Å²) in [5, 5.41) is 9.18.